The molecule has 19 nitrogen and oxygen atoms in total. The quantitative estimate of drug-likeness (QED) is 0.0821. The van der Waals surface area contributed by atoms with Crippen LogP contribution in [0.2, 0.25) is 5.15 Å². The van der Waals surface area contributed by atoms with Crippen molar-refractivity contribution in [3.63, 3.8) is 0 Å². The number of hydrogen-bond donors (Lipinski definition) is 2. The summed E-state index contributed by atoms with van der Waals surface area (Å²) in [4.78, 5) is 53.7. The molecule has 10 aromatic rings. The van der Waals surface area contributed by atoms with Crippen LogP contribution in [-0.4, -0.2) is 113 Å². The minimum absolute atomic E-state index is 0.106. The molecule has 4 aliphatic rings. The molecule has 21 heteroatoms. The van der Waals surface area contributed by atoms with E-state index in [1.165, 1.54) is 12.8 Å². The second kappa shape index (κ2) is 25.6. The van der Waals surface area contributed by atoms with E-state index in [-0.39, 0.29) is 41.5 Å². The van der Waals surface area contributed by atoms with Crippen molar-refractivity contribution in [1.82, 2.24) is 58.6 Å². The summed E-state index contributed by atoms with van der Waals surface area (Å²) in [6.45, 7) is 10.2. The Kier molecular flexibility index (Phi) is 17.8. The van der Waals surface area contributed by atoms with Gasteiger partial charge in [0.05, 0.1) is 81.8 Å². The Balaban J connectivity index is 0.000000135. The summed E-state index contributed by atoms with van der Waals surface area (Å²) in [5, 5.41) is 34.6. The molecule has 85 heavy (non-hydrogen) atoms. The highest BCUT2D eigenvalue weighted by molar-refractivity contribution is 6.62. The molecule has 2 N–H and O–H groups in total. The number of aromatic nitrogens is 12. The van der Waals surface area contributed by atoms with E-state index in [0.29, 0.717) is 52.6 Å². The number of nitrogens with zero attached hydrogens (tertiary/aromatic N) is 12. The SMILES string of the molecule is C1CCOC1.Cn1cc(-c2ccc(Cc3cc4c(=O)n([C@H]5CCCC[C@@H]5O)cnc4c4ccncc34)cn2)cn1.Cn1cc(B2OC(C)(C)C(C)(C)O2)cn1.O=c1c2cc(Cc3ccc(Cl)nc3)c3cnccc3c2ncn1[C@H]1CCCC[C@@H]1O. The lowest BCUT2D eigenvalue weighted by molar-refractivity contribution is 0.00578. The topological polar surface area (TPSA) is 225 Å². The summed E-state index contributed by atoms with van der Waals surface area (Å²) in [5.74, 6) is 0. The Morgan fingerprint density at radius 1 is 0.576 bits per heavy atom. The number of ether oxygens (including phenoxy) is 1. The van der Waals surface area contributed by atoms with E-state index >= 15 is 0 Å². The predicted molar refractivity (Wildman–Crippen MR) is 330 cm³/mol. The molecule has 0 amide bonds. The highest BCUT2D eigenvalue weighted by Gasteiger charge is 2.52. The van der Waals surface area contributed by atoms with Gasteiger partial charge in [0, 0.05) is 116 Å². The lowest BCUT2D eigenvalue weighted by Gasteiger charge is -2.32. The van der Waals surface area contributed by atoms with Crippen LogP contribution < -0.4 is 16.6 Å². The van der Waals surface area contributed by atoms with Crippen molar-refractivity contribution in [3.05, 3.63) is 171 Å². The molecule has 440 valence electrons. The number of rotatable bonds is 8. The fourth-order valence-electron chi connectivity index (χ4n) is 11.7. The molecule has 0 spiro atoms. The van der Waals surface area contributed by atoms with Crippen LogP contribution in [0.3, 0.4) is 0 Å². The third-order valence-electron chi connectivity index (χ3n) is 17.1. The van der Waals surface area contributed by atoms with Gasteiger partial charge >= 0.3 is 7.12 Å². The van der Waals surface area contributed by atoms with Gasteiger partial charge in [-0.25, -0.2) is 15.0 Å². The summed E-state index contributed by atoms with van der Waals surface area (Å²) in [6, 6.07) is 15.0. The van der Waals surface area contributed by atoms with Gasteiger partial charge in [0.15, 0.2) is 0 Å². The van der Waals surface area contributed by atoms with Gasteiger partial charge in [0.25, 0.3) is 11.1 Å². The average molecular weight is 1170 g/mol. The summed E-state index contributed by atoms with van der Waals surface area (Å²) in [7, 11) is 3.47. The first-order valence-electron chi connectivity index (χ1n) is 29.4. The first-order valence-corrected chi connectivity index (χ1v) is 29.7. The maximum absolute atomic E-state index is 13.6. The second-order valence-corrected chi connectivity index (χ2v) is 24.0. The number of benzene rings is 2. The van der Waals surface area contributed by atoms with Crippen LogP contribution in [0.1, 0.15) is 126 Å². The molecule has 0 bridgehead atoms. The van der Waals surface area contributed by atoms with Gasteiger partial charge in [-0.1, -0.05) is 49.4 Å². The number of halogens is 1. The Bertz CT molecular complexity index is 4070. The number of fused-ring (bicyclic) bond motifs is 6. The van der Waals surface area contributed by atoms with Crippen LogP contribution in [0, 0.1) is 0 Å². The van der Waals surface area contributed by atoms with Crippen molar-refractivity contribution >= 4 is 67.5 Å². The minimum atomic E-state index is -0.519. The first-order chi connectivity index (χ1) is 41.0. The van der Waals surface area contributed by atoms with Crippen molar-refractivity contribution in [3.8, 4) is 11.3 Å². The van der Waals surface area contributed by atoms with E-state index < -0.39 is 12.2 Å². The molecule has 0 radical (unpaired) electrons. The van der Waals surface area contributed by atoms with Crippen molar-refractivity contribution in [2.24, 2.45) is 14.1 Å². The largest absolute Gasteiger partial charge is 0.498 e. The number of aliphatic hydroxyl groups excluding tert-OH is 2. The fraction of sp³-hybridized carbons (Fsp3) is 0.406. The van der Waals surface area contributed by atoms with Crippen LogP contribution in [0.4, 0.5) is 0 Å². The van der Waals surface area contributed by atoms with E-state index in [0.717, 1.165) is 112 Å². The number of aryl methyl sites for hydroxylation is 2. The molecule has 8 aromatic heterocycles. The van der Waals surface area contributed by atoms with Crippen LogP contribution in [0.15, 0.2) is 133 Å². The Labute approximate surface area is 498 Å². The molecule has 2 aliphatic carbocycles. The number of pyridine rings is 4. The number of hydrogen-bond acceptors (Lipinski definition) is 15. The highest BCUT2D eigenvalue weighted by atomic mass is 35.5. The zero-order chi connectivity index (χ0) is 59.4. The van der Waals surface area contributed by atoms with E-state index in [1.54, 1.807) is 68.2 Å². The van der Waals surface area contributed by atoms with Gasteiger partial charge in [-0.3, -0.25) is 43.0 Å². The van der Waals surface area contributed by atoms with Crippen LogP contribution in [-0.2, 0) is 41.0 Å². The van der Waals surface area contributed by atoms with E-state index in [1.807, 2.05) is 109 Å². The predicted octanol–water partition coefficient (Wildman–Crippen LogP) is 9.38. The van der Waals surface area contributed by atoms with Crippen molar-refractivity contribution in [2.75, 3.05) is 13.2 Å². The van der Waals surface area contributed by atoms with Crippen molar-refractivity contribution in [1.29, 1.82) is 0 Å². The van der Waals surface area contributed by atoms with E-state index in [4.69, 9.17) is 25.6 Å². The van der Waals surface area contributed by atoms with Gasteiger partial charge in [0.1, 0.15) is 5.15 Å². The van der Waals surface area contributed by atoms with Crippen LogP contribution >= 0.6 is 11.6 Å². The molecule has 4 atom stereocenters. The van der Waals surface area contributed by atoms with Gasteiger partial charge < -0.3 is 24.3 Å². The number of aliphatic hydroxyl groups is 2. The first kappa shape index (κ1) is 59.2. The maximum Gasteiger partial charge on any atom is 0.498 e. The molecule has 2 aliphatic heterocycles. The Morgan fingerprint density at radius 3 is 1.52 bits per heavy atom. The average Bonchev–Trinajstić information content (AvgIpc) is 2.51. The van der Waals surface area contributed by atoms with Gasteiger partial charge in [0.2, 0.25) is 0 Å². The van der Waals surface area contributed by atoms with Crippen LogP contribution in [0.5, 0.6) is 0 Å². The monoisotopic (exact) mass is 1170 g/mol. The molecule has 0 unspecified atom stereocenters. The Hall–Kier alpha value is -7.59. The zero-order valence-electron chi connectivity index (χ0n) is 49.0. The molecule has 10 heterocycles. The standard InChI is InChI=1S/C27H26N6O2.C23H21ClN4O2.C10H17BN2O2.C4H8O/c1-32-15-19(13-31-32)23-7-6-17(12-29-23)10-18-11-21-26(20-8-9-28-14-22(18)20)30-16-33(27(21)35)24-4-2-3-5-25(24)34;24-21-6-5-14(11-26-21)9-15-10-17-22(16-7-8-25-12-18(15)16)27-13-28(23(17)30)19-3-1-2-4-20(19)29;1-9(2)10(3,4)15-11(14-9)8-6-12-13(5)7-8;1-2-4-5-3-1/h6-9,11-16,24-25,34H,2-5,10H2,1H3;5-8,10-13,19-20,29H,1-4,9H2;6-7H,1-5H3;1-4H2/t24-,25-;19-,20-;;/m00../s1. The summed E-state index contributed by atoms with van der Waals surface area (Å²) in [5.41, 5.74) is 7.36. The smallest absolute Gasteiger partial charge is 0.399 e. The normalized spacial score (nSPS) is 19.9. The molecular weight excluding hydrogens is 1100 g/mol. The highest BCUT2D eigenvalue weighted by Crippen LogP contribution is 2.37. The lowest BCUT2D eigenvalue weighted by Crippen LogP contribution is -2.41. The third-order valence-corrected chi connectivity index (χ3v) is 17.4. The summed E-state index contributed by atoms with van der Waals surface area (Å²) >= 11 is 5.92. The lowest BCUT2D eigenvalue weighted by atomic mass is 9.82. The minimum Gasteiger partial charge on any atom is -0.399 e. The molecular formula is C64H72BClN12O7. The van der Waals surface area contributed by atoms with Crippen molar-refractivity contribution in [2.45, 2.75) is 140 Å². The third kappa shape index (κ3) is 13.0. The second-order valence-electron chi connectivity index (χ2n) is 23.6. The Morgan fingerprint density at radius 2 is 1.08 bits per heavy atom. The fourth-order valence-corrected chi connectivity index (χ4v) is 11.8. The van der Waals surface area contributed by atoms with Crippen molar-refractivity contribution < 1.29 is 24.3 Å². The molecule has 2 saturated heterocycles. The zero-order valence-corrected chi connectivity index (χ0v) is 49.8. The van der Waals surface area contributed by atoms with Gasteiger partial charge in [-0.05, 0) is 138 Å². The molecule has 2 aromatic carbocycles. The molecule has 4 fully saturated rings. The molecule has 14 rings (SSSR count). The summed E-state index contributed by atoms with van der Waals surface area (Å²) in [6.07, 6.45) is 31.0. The van der Waals surface area contributed by atoms with E-state index in [2.05, 4.69) is 46.2 Å². The van der Waals surface area contributed by atoms with E-state index in [9.17, 15) is 19.8 Å². The maximum atomic E-state index is 13.6. The molecule has 2 saturated carbocycles. The van der Waals surface area contributed by atoms with Crippen LogP contribution in [0.25, 0.3) is 54.6 Å². The van der Waals surface area contributed by atoms with Gasteiger partial charge in [-0.2, -0.15) is 10.2 Å². The summed E-state index contributed by atoms with van der Waals surface area (Å²) < 4.78 is 23.5. The van der Waals surface area contributed by atoms with Gasteiger partial charge in [-0.15, -0.1) is 0 Å².